The fourth-order valence-electron chi connectivity index (χ4n) is 2.16. The summed E-state index contributed by atoms with van der Waals surface area (Å²) in [6, 6.07) is 3.82. The van der Waals surface area contributed by atoms with Gasteiger partial charge in [0.1, 0.15) is 16.2 Å². The monoisotopic (exact) mass is 287 g/mol. The first-order valence-corrected chi connectivity index (χ1v) is 7.07. The molecule has 3 N–H and O–H groups in total. The van der Waals surface area contributed by atoms with E-state index in [1.807, 2.05) is 23.7 Å². The molecule has 0 aliphatic carbocycles. The van der Waals surface area contributed by atoms with Gasteiger partial charge in [0, 0.05) is 34.3 Å². The van der Waals surface area contributed by atoms with Gasteiger partial charge in [0.2, 0.25) is 0 Å². The van der Waals surface area contributed by atoms with Crippen LogP contribution in [0.4, 0.5) is 5.00 Å². The average Bonchev–Trinajstić information content (AvgIpc) is 3.02. The number of hydrogen-bond donors (Lipinski definition) is 2. The fraction of sp³-hybridized carbons (Fsp3) is 0.143. The highest BCUT2D eigenvalue weighted by atomic mass is 32.1. The molecule has 0 spiro atoms. The van der Waals surface area contributed by atoms with Crippen LogP contribution < -0.4 is 5.73 Å². The Hall–Kier alpha value is -2.34. The lowest BCUT2D eigenvalue weighted by molar-refractivity contribution is 0.0529. The molecule has 0 aliphatic rings. The van der Waals surface area contributed by atoms with Crippen LogP contribution in [0.2, 0.25) is 0 Å². The standard InChI is InChI=1S/C14H13N3O2S/c1-2-19-14(18)11-10(7-20-12(11)15)9-6-17-13-8(9)4-3-5-16-13/h3-7H,2,15H2,1H3,(H,16,17). The Kier molecular flexibility index (Phi) is 3.15. The number of fused-ring (bicyclic) bond motifs is 1. The van der Waals surface area contributed by atoms with Crippen molar-refractivity contribution in [3.8, 4) is 11.1 Å². The van der Waals surface area contributed by atoms with Gasteiger partial charge < -0.3 is 15.5 Å². The van der Waals surface area contributed by atoms with Crippen molar-refractivity contribution in [1.29, 1.82) is 0 Å². The van der Waals surface area contributed by atoms with E-state index in [-0.39, 0.29) is 5.97 Å². The molecule has 0 saturated heterocycles. The van der Waals surface area contributed by atoms with Crippen molar-refractivity contribution >= 4 is 33.3 Å². The number of nitrogens with zero attached hydrogens (tertiary/aromatic N) is 1. The molecule has 0 radical (unpaired) electrons. The number of rotatable bonds is 3. The third-order valence-electron chi connectivity index (χ3n) is 3.04. The molecule has 6 heteroatoms. The molecule has 0 atom stereocenters. The lowest BCUT2D eigenvalue weighted by Gasteiger charge is -2.04. The highest BCUT2D eigenvalue weighted by molar-refractivity contribution is 7.15. The lowest BCUT2D eigenvalue weighted by Crippen LogP contribution is -2.07. The molecule has 0 unspecified atom stereocenters. The Balaban J connectivity index is 2.18. The van der Waals surface area contributed by atoms with E-state index in [4.69, 9.17) is 10.5 Å². The number of anilines is 1. The van der Waals surface area contributed by atoms with E-state index in [1.165, 1.54) is 11.3 Å². The number of aromatic nitrogens is 2. The summed E-state index contributed by atoms with van der Waals surface area (Å²) in [5, 5.41) is 3.30. The van der Waals surface area contributed by atoms with Crippen molar-refractivity contribution in [3.63, 3.8) is 0 Å². The molecule has 102 valence electrons. The molecule has 3 aromatic heterocycles. The van der Waals surface area contributed by atoms with Gasteiger partial charge in [0.25, 0.3) is 0 Å². The molecule has 0 bridgehead atoms. The van der Waals surface area contributed by atoms with Gasteiger partial charge in [-0.15, -0.1) is 11.3 Å². The van der Waals surface area contributed by atoms with Crippen LogP contribution >= 0.6 is 11.3 Å². The Labute approximate surface area is 119 Å². The van der Waals surface area contributed by atoms with E-state index in [0.29, 0.717) is 17.2 Å². The van der Waals surface area contributed by atoms with Crippen molar-refractivity contribution < 1.29 is 9.53 Å². The van der Waals surface area contributed by atoms with Crippen LogP contribution in [0.15, 0.2) is 29.9 Å². The molecule has 0 aromatic carbocycles. The zero-order chi connectivity index (χ0) is 14.1. The summed E-state index contributed by atoms with van der Waals surface area (Å²) in [4.78, 5) is 19.4. The number of nitrogen functional groups attached to an aromatic ring is 1. The normalized spacial score (nSPS) is 10.8. The lowest BCUT2D eigenvalue weighted by atomic mass is 10.0. The Bertz CT molecular complexity index is 776. The van der Waals surface area contributed by atoms with Crippen molar-refractivity contribution in [2.24, 2.45) is 0 Å². The first-order chi connectivity index (χ1) is 9.72. The molecule has 0 amide bonds. The second-order valence-corrected chi connectivity index (χ2v) is 5.12. The van der Waals surface area contributed by atoms with Gasteiger partial charge in [-0.25, -0.2) is 9.78 Å². The number of pyridine rings is 1. The van der Waals surface area contributed by atoms with E-state index in [9.17, 15) is 4.79 Å². The van der Waals surface area contributed by atoms with Crippen molar-refractivity contribution in [1.82, 2.24) is 9.97 Å². The van der Waals surface area contributed by atoms with Crippen LogP contribution in [0.5, 0.6) is 0 Å². The van der Waals surface area contributed by atoms with Gasteiger partial charge in [-0.3, -0.25) is 0 Å². The summed E-state index contributed by atoms with van der Waals surface area (Å²) < 4.78 is 5.08. The minimum absolute atomic E-state index is 0.322. The number of nitrogens with one attached hydrogen (secondary N) is 1. The van der Waals surface area contributed by atoms with E-state index >= 15 is 0 Å². The number of nitrogens with two attached hydrogens (primary N) is 1. The number of carbonyl (C=O) groups excluding carboxylic acids is 1. The molecule has 3 heterocycles. The Morgan fingerprint density at radius 2 is 2.35 bits per heavy atom. The number of aromatic amines is 1. The maximum absolute atomic E-state index is 12.1. The molecule has 3 rings (SSSR count). The summed E-state index contributed by atoms with van der Waals surface area (Å²) >= 11 is 1.33. The van der Waals surface area contributed by atoms with Crippen molar-refractivity contribution in [2.75, 3.05) is 12.3 Å². The van der Waals surface area contributed by atoms with Gasteiger partial charge in [0.15, 0.2) is 0 Å². The number of ether oxygens (including phenoxy) is 1. The quantitative estimate of drug-likeness (QED) is 0.725. The molecule has 0 fully saturated rings. The van der Waals surface area contributed by atoms with Crippen LogP contribution in [0.3, 0.4) is 0 Å². The SMILES string of the molecule is CCOC(=O)c1c(-c2c[nH]c3ncccc23)csc1N. The highest BCUT2D eigenvalue weighted by Gasteiger charge is 2.21. The Morgan fingerprint density at radius 3 is 3.15 bits per heavy atom. The summed E-state index contributed by atoms with van der Waals surface area (Å²) in [6.07, 6.45) is 3.55. The third kappa shape index (κ3) is 1.94. The third-order valence-corrected chi connectivity index (χ3v) is 3.85. The fourth-order valence-corrected chi connectivity index (χ4v) is 2.96. The van der Waals surface area contributed by atoms with Gasteiger partial charge in [-0.05, 0) is 19.1 Å². The summed E-state index contributed by atoms with van der Waals surface area (Å²) in [5.74, 6) is -0.389. The first-order valence-electron chi connectivity index (χ1n) is 6.19. The molecule has 3 aromatic rings. The molecule has 5 nitrogen and oxygen atoms in total. The second kappa shape index (κ2) is 4.97. The number of H-pyrrole nitrogens is 1. The van der Waals surface area contributed by atoms with E-state index < -0.39 is 0 Å². The van der Waals surface area contributed by atoms with Gasteiger partial charge in [-0.1, -0.05) is 0 Å². The maximum atomic E-state index is 12.1. The largest absolute Gasteiger partial charge is 0.462 e. The van der Waals surface area contributed by atoms with Crippen LogP contribution in [-0.2, 0) is 4.74 Å². The summed E-state index contributed by atoms with van der Waals surface area (Å²) in [6.45, 7) is 2.10. The van der Waals surface area contributed by atoms with Crippen LogP contribution in [0, 0.1) is 0 Å². The predicted molar refractivity (Wildman–Crippen MR) is 79.8 cm³/mol. The maximum Gasteiger partial charge on any atom is 0.341 e. The highest BCUT2D eigenvalue weighted by Crippen LogP contribution is 2.37. The number of hydrogen-bond acceptors (Lipinski definition) is 5. The summed E-state index contributed by atoms with van der Waals surface area (Å²) in [7, 11) is 0. The Morgan fingerprint density at radius 1 is 1.50 bits per heavy atom. The number of carbonyl (C=O) groups is 1. The second-order valence-electron chi connectivity index (χ2n) is 4.21. The van der Waals surface area contributed by atoms with Crippen LogP contribution in [-0.4, -0.2) is 22.5 Å². The van der Waals surface area contributed by atoms with Gasteiger partial charge in [0.05, 0.1) is 6.61 Å². The average molecular weight is 287 g/mol. The molecule has 20 heavy (non-hydrogen) atoms. The predicted octanol–water partition coefficient (Wildman–Crippen LogP) is 3.05. The smallest absolute Gasteiger partial charge is 0.341 e. The number of thiophene rings is 1. The molecular formula is C14H13N3O2S. The van der Waals surface area contributed by atoms with Crippen molar-refractivity contribution in [2.45, 2.75) is 6.92 Å². The van der Waals surface area contributed by atoms with Crippen LogP contribution in [0.25, 0.3) is 22.2 Å². The topological polar surface area (TPSA) is 81.0 Å². The van der Waals surface area contributed by atoms with Gasteiger partial charge in [-0.2, -0.15) is 0 Å². The minimum Gasteiger partial charge on any atom is -0.462 e. The van der Waals surface area contributed by atoms with Crippen LogP contribution in [0.1, 0.15) is 17.3 Å². The molecule has 0 saturated carbocycles. The number of esters is 1. The van der Waals surface area contributed by atoms with E-state index in [0.717, 1.165) is 22.2 Å². The molecular weight excluding hydrogens is 274 g/mol. The summed E-state index contributed by atoms with van der Waals surface area (Å²) in [5.41, 5.74) is 8.82. The van der Waals surface area contributed by atoms with Crippen molar-refractivity contribution in [3.05, 3.63) is 35.5 Å². The van der Waals surface area contributed by atoms with Gasteiger partial charge >= 0.3 is 5.97 Å². The minimum atomic E-state index is -0.389. The molecule has 0 aliphatic heterocycles. The van der Waals surface area contributed by atoms with E-state index in [2.05, 4.69) is 9.97 Å². The zero-order valence-corrected chi connectivity index (χ0v) is 11.7. The zero-order valence-electron chi connectivity index (χ0n) is 10.8. The van der Waals surface area contributed by atoms with E-state index in [1.54, 1.807) is 13.1 Å². The first kappa shape index (κ1) is 12.7.